The topological polar surface area (TPSA) is 50.9 Å². The highest BCUT2D eigenvalue weighted by Gasteiger charge is 2.35. The number of thiazole rings is 1. The first kappa shape index (κ1) is 15.2. The largest absolute Gasteiger partial charge is 0.443 e. The second-order valence-corrected chi connectivity index (χ2v) is 5.73. The summed E-state index contributed by atoms with van der Waals surface area (Å²) in [6.07, 6.45) is -3.28. The van der Waals surface area contributed by atoms with Gasteiger partial charge in [-0.15, -0.1) is 11.3 Å². The average molecular weight is 322 g/mol. The van der Waals surface area contributed by atoms with Gasteiger partial charge in [-0.05, 0) is 30.2 Å². The van der Waals surface area contributed by atoms with Crippen LogP contribution in [-0.4, -0.2) is 4.98 Å². The fourth-order valence-electron chi connectivity index (χ4n) is 1.82. The summed E-state index contributed by atoms with van der Waals surface area (Å²) in [7, 11) is 0. The molecule has 0 aliphatic heterocycles. The summed E-state index contributed by atoms with van der Waals surface area (Å²) in [5.41, 5.74) is 4.08. The van der Waals surface area contributed by atoms with E-state index in [1.807, 2.05) is 13.0 Å². The molecule has 3 N–H and O–H groups in total. The van der Waals surface area contributed by atoms with E-state index in [0.29, 0.717) is 26.8 Å². The number of nitrogens with two attached hydrogens (primary N) is 1. The van der Waals surface area contributed by atoms with E-state index in [0.717, 1.165) is 5.56 Å². The molecule has 0 spiro atoms. The highest BCUT2D eigenvalue weighted by molar-refractivity contribution is 7.11. The van der Waals surface area contributed by atoms with Crippen molar-refractivity contribution in [3.63, 3.8) is 0 Å². The number of nitrogens with zero attached hydrogens (tertiary/aromatic N) is 1. The maximum Gasteiger partial charge on any atom is 0.443 e. The molecule has 1 aromatic carbocycles. The fraction of sp³-hybridized carbons (Fsp3) is 0.250. The molecule has 1 atom stereocenters. The third kappa shape index (κ3) is 3.29. The van der Waals surface area contributed by atoms with Gasteiger partial charge in [0.25, 0.3) is 0 Å². The van der Waals surface area contributed by atoms with E-state index in [4.69, 9.17) is 17.4 Å². The number of hydrogen-bond acceptors (Lipinski definition) is 4. The van der Waals surface area contributed by atoms with Crippen LogP contribution in [0.1, 0.15) is 27.1 Å². The molecule has 108 valence electrons. The van der Waals surface area contributed by atoms with Crippen LogP contribution in [0, 0.1) is 6.92 Å². The zero-order valence-corrected chi connectivity index (χ0v) is 11.9. The molecule has 0 amide bonds. The number of aryl methyl sites for hydroxylation is 1. The summed E-state index contributed by atoms with van der Waals surface area (Å²) in [5.74, 6) is 5.46. The molecular formula is C12H11ClF3N3S. The lowest BCUT2D eigenvalue weighted by Gasteiger charge is -2.15. The standard InChI is InChI=1S/C12H11ClF3N3S/c1-6-2-7(4-8(13)3-6)10(19-17)9-5-18-11(20-9)12(14,15)16/h2-5,10,19H,17H2,1H3. The number of halogens is 4. The summed E-state index contributed by atoms with van der Waals surface area (Å²) < 4.78 is 37.7. The molecule has 2 rings (SSSR count). The molecule has 0 saturated carbocycles. The van der Waals surface area contributed by atoms with Gasteiger partial charge in [0.1, 0.15) is 0 Å². The molecule has 0 radical (unpaired) electrons. The Kier molecular flexibility index (Phi) is 4.33. The van der Waals surface area contributed by atoms with E-state index in [-0.39, 0.29) is 0 Å². The van der Waals surface area contributed by atoms with Gasteiger partial charge in [-0.1, -0.05) is 17.7 Å². The fourth-order valence-corrected chi connectivity index (χ4v) is 2.99. The number of nitrogens with one attached hydrogen (secondary N) is 1. The summed E-state index contributed by atoms with van der Waals surface area (Å²) in [6, 6.07) is 4.64. The molecule has 1 unspecified atom stereocenters. The lowest BCUT2D eigenvalue weighted by Crippen LogP contribution is -2.28. The Morgan fingerprint density at radius 1 is 1.35 bits per heavy atom. The number of benzene rings is 1. The number of hydrogen-bond donors (Lipinski definition) is 2. The second kappa shape index (κ2) is 5.69. The van der Waals surface area contributed by atoms with Crippen LogP contribution >= 0.6 is 22.9 Å². The Bertz CT molecular complexity index is 592. The van der Waals surface area contributed by atoms with Gasteiger partial charge in [-0.2, -0.15) is 13.2 Å². The Hall–Kier alpha value is -1.15. The van der Waals surface area contributed by atoms with Gasteiger partial charge >= 0.3 is 6.18 Å². The van der Waals surface area contributed by atoms with E-state index in [1.54, 1.807) is 12.1 Å². The number of aromatic nitrogens is 1. The number of alkyl halides is 3. The molecule has 3 nitrogen and oxygen atoms in total. The van der Waals surface area contributed by atoms with Crippen molar-refractivity contribution in [2.45, 2.75) is 19.1 Å². The van der Waals surface area contributed by atoms with E-state index >= 15 is 0 Å². The number of hydrazine groups is 1. The molecule has 1 heterocycles. The third-order valence-electron chi connectivity index (χ3n) is 2.62. The van der Waals surface area contributed by atoms with Crippen LogP contribution < -0.4 is 11.3 Å². The van der Waals surface area contributed by atoms with Gasteiger partial charge in [0.05, 0.1) is 6.04 Å². The van der Waals surface area contributed by atoms with Crippen LogP contribution in [0.4, 0.5) is 13.2 Å². The van der Waals surface area contributed by atoms with Crippen molar-refractivity contribution >= 4 is 22.9 Å². The Labute approximate surface area is 122 Å². The average Bonchev–Trinajstić information content (AvgIpc) is 2.77. The SMILES string of the molecule is Cc1cc(Cl)cc(C(NN)c2cnc(C(F)(F)F)s2)c1. The number of rotatable bonds is 3. The van der Waals surface area contributed by atoms with Crippen LogP contribution in [0.5, 0.6) is 0 Å². The minimum Gasteiger partial charge on any atom is -0.271 e. The van der Waals surface area contributed by atoms with Gasteiger partial charge in [-0.25, -0.2) is 10.4 Å². The molecule has 0 aliphatic carbocycles. The molecule has 20 heavy (non-hydrogen) atoms. The predicted octanol–water partition coefficient (Wildman–Crippen LogP) is 3.68. The van der Waals surface area contributed by atoms with Crippen LogP contribution in [0.15, 0.2) is 24.4 Å². The van der Waals surface area contributed by atoms with Crippen molar-refractivity contribution in [2.75, 3.05) is 0 Å². The van der Waals surface area contributed by atoms with Crippen LogP contribution in [0.3, 0.4) is 0 Å². The zero-order valence-electron chi connectivity index (χ0n) is 10.3. The second-order valence-electron chi connectivity index (χ2n) is 4.23. The molecule has 0 bridgehead atoms. The van der Waals surface area contributed by atoms with E-state index in [9.17, 15) is 13.2 Å². The predicted molar refractivity (Wildman–Crippen MR) is 72.5 cm³/mol. The van der Waals surface area contributed by atoms with Crippen LogP contribution in [0.2, 0.25) is 5.02 Å². The molecule has 8 heteroatoms. The van der Waals surface area contributed by atoms with Gasteiger partial charge in [0.2, 0.25) is 0 Å². The van der Waals surface area contributed by atoms with Crippen molar-refractivity contribution in [1.29, 1.82) is 0 Å². The smallest absolute Gasteiger partial charge is 0.271 e. The molecular weight excluding hydrogens is 311 g/mol. The van der Waals surface area contributed by atoms with Gasteiger partial charge in [-0.3, -0.25) is 5.84 Å². The van der Waals surface area contributed by atoms with Crippen molar-refractivity contribution in [1.82, 2.24) is 10.4 Å². The van der Waals surface area contributed by atoms with Crippen molar-refractivity contribution < 1.29 is 13.2 Å². The van der Waals surface area contributed by atoms with Crippen molar-refractivity contribution in [3.05, 3.63) is 50.4 Å². The van der Waals surface area contributed by atoms with Gasteiger partial charge in [0.15, 0.2) is 5.01 Å². The van der Waals surface area contributed by atoms with Crippen molar-refractivity contribution in [2.24, 2.45) is 5.84 Å². The maximum atomic E-state index is 12.6. The molecule has 0 aliphatic rings. The quantitative estimate of drug-likeness (QED) is 0.670. The minimum atomic E-state index is -4.45. The lowest BCUT2D eigenvalue weighted by molar-refractivity contribution is -0.137. The molecule has 0 fully saturated rings. The molecule has 0 saturated heterocycles. The van der Waals surface area contributed by atoms with E-state index in [1.165, 1.54) is 6.20 Å². The summed E-state index contributed by atoms with van der Waals surface area (Å²) in [4.78, 5) is 3.77. The minimum absolute atomic E-state index is 0.376. The van der Waals surface area contributed by atoms with E-state index < -0.39 is 17.2 Å². The van der Waals surface area contributed by atoms with Crippen molar-refractivity contribution in [3.8, 4) is 0 Å². The highest BCUT2D eigenvalue weighted by Crippen LogP contribution is 2.36. The molecule has 2 aromatic rings. The first-order valence-electron chi connectivity index (χ1n) is 5.57. The summed E-state index contributed by atoms with van der Waals surface area (Å²) in [6.45, 7) is 1.84. The van der Waals surface area contributed by atoms with Crippen LogP contribution in [0.25, 0.3) is 0 Å². The highest BCUT2D eigenvalue weighted by atomic mass is 35.5. The van der Waals surface area contributed by atoms with E-state index in [2.05, 4.69) is 10.4 Å². The maximum absolute atomic E-state index is 12.6. The first-order valence-corrected chi connectivity index (χ1v) is 6.77. The summed E-state index contributed by atoms with van der Waals surface area (Å²) in [5, 5.41) is -0.396. The van der Waals surface area contributed by atoms with Gasteiger partial charge in [0, 0.05) is 16.1 Å². The Morgan fingerprint density at radius 3 is 2.55 bits per heavy atom. The molecule has 1 aromatic heterocycles. The lowest BCUT2D eigenvalue weighted by atomic mass is 10.0. The first-order chi connectivity index (χ1) is 9.31. The summed E-state index contributed by atoms with van der Waals surface area (Å²) >= 11 is 6.51. The Morgan fingerprint density at radius 2 is 2.05 bits per heavy atom. The monoisotopic (exact) mass is 321 g/mol. The third-order valence-corrected chi connectivity index (χ3v) is 3.94. The zero-order chi connectivity index (χ0) is 14.9. The Balaban J connectivity index is 2.39. The van der Waals surface area contributed by atoms with Gasteiger partial charge < -0.3 is 0 Å². The normalized spacial score (nSPS) is 13.5. The van der Waals surface area contributed by atoms with Crippen LogP contribution in [-0.2, 0) is 6.18 Å².